The zero-order valence-corrected chi connectivity index (χ0v) is 11.5. The largest absolute Gasteiger partial charge is 0.416 e. The van der Waals surface area contributed by atoms with Gasteiger partial charge in [-0.15, -0.1) is 0 Å². The molecule has 0 bridgehead atoms. The smallest absolute Gasteiger partial charge is 0.339 e. The van der Waals surface area contributed by atoms with E-state index in [1.54, 1.807) is 0 Å². The minimum Gasteiger partial charge on any atom is -0.339 e. The molecule has 0 radical (unpaired) electrons. The summed E-state index contributed by atoms with van der Waals surface area (Å²) in [6, 6.07) is 4.14. The first-order valence-corrected chi connectivity index (χ1v) is 7.24. The molecule has 1 aromatic carbocycles. The van der Waals surface area contributed by atoms with Crippen molar-refractivity contribution in [1.29, 1.82) is 0 Å². The average molecular weight is 335 g/mol. The summed E-state index contributed by atoms with van der Waals surface area (Å²) in [5.41, 5.74) is -1.53. The van der Waals surface area contributed by atoms with Crippen LogP contribution in [0.1, 0.15) is 5.56 Å². The van der Waals surface area contributed by atoms with Crippen LogP contribution in [0.15, 0.2) is 41.4 Å². The van der Waals surface area contributed by atoms with Crippen molar-refractivity contribution in [2.75, 3.05) is 5.32 Å². The lowest BCUT2D eigenvalue weighted by Crippen LogP contribution is -2.15. The number of aromatic nitrogens is 1. The van der Waals surface area contributed by atoms with E-state index in [0.29, 0.717) is 12.1 Å². The van der Waals surface area contributed by atoms with E-state index in [4.69, 9.17) is 5.14 Å². The molecule has 118 valence electrons. The maximum Gasteiger partial charge on any atom is 0.416 e. The second kappa shape index (κ2) is 5.54. The van der Waals surface area contributed by atoms with Crippen molar-refractivity contribution in [3.8, 4) is 0 Å². The molecule has 10 heteroatoms. The van der Waals surface area contributed by atoms with Crippen molar-refractivity contribution in [3.63, 3.8) is 0 Å². The number of nitrogens with one attached hydrogen (secondary N) is 1. The van der Waals surface area contributed by atoms with Crippen LogP contribution >= 0.6 is 0 Å². The Kier molecular flexibility index (Phi) is 4.07. The van der Waals surface area contributed by atoms with Gasteiger partial charge in [0.05, 0.1) is 5.56 Å². The van der Waals surface area contributed by atoms with Gasteiger partial charge in [0.1, 0.15) is 10.7 Å². The van der Waals surface area contributed by atoms with Crippen LogP contribution < -0.4 is 10.5 Å². The van der Waals surface area contributed by atoms with Crippen molar-refractivity contribution >= 4 is 21.5 Å². The molecule has 0 amide bonds. The third-order valence-electron chi connectivity index (χ3n) is 2.57. The van der Waals surface area contributed by atoms with Crippen molar-refractivity contribution < 1.29 is 26.0 Å². The molecule has 0 aliphatic carbocycles. The number of nitrogens with zero attached hydrogens (tertiary/aromatic N) is 1. The number of hydrogen-bond acceptors (Lipinski definition) is 4. The van der Waals surface area contributed by atoms with Gasteiger partial charge in [0, 0.05) is 11.9 Å². The van der Waals surface area contributed by atoms with Crippen molar-refractivity contribution in [3.05, 3.63) is 47.9 Å². The van der Waals surface area contributed by atoms with Crippen LogP contribution in [-0.2, 0) is 16.2 Å². The van der Waals surface area contributed by atoms with Crippen LogP contribution in [0.3, 0.4) is 0 Å². The van der Waals surface area contributed by atoms with E-state index in [9.17, 15) is 26.0 Å². The number of alkyl halides is 3. The maximum absolute atomic E-state index is 13.3. The van der Waals surface area contributed by atoms with Crippen molar-refractivity contribution in [2.24, 2.45) is 5.14 Å². The summed E-state index contributed by atoms with van der Waals surface area (Å²) < 4.78 is 73.9. The number of halogens is 4. The molecule has 0 spiro atoms. The van der Waals surface area contributed by atoms with Crippen molar-refractivity contribution in [2.45, 2.75) is 11.1 Å². The molecule has 0 aliphatic rings. The summed E-state index contributed by atoms with van der Waals surface area (Å²) in [5, 5.41) is 7.30. The highest BCUT2D eigenvalue weighted by Gasteiger charge is 2.31. The lowest BCUT2D eigenvalue weighted by Gasteiger charge is -2.12. The molecule has 1 aromatic heterocycles. The van der Waals surface area contributed by atoms with Gasteiger partial charge in [-0.25, -0.2) is 22.9 Å². The Morgan fingerprint density at radius 2 is 1.86 bits per heavy atom. The molecule has 2 aromatic rings. The van der Waals surface area contributed by atoms with Gasteiger partial charge < -0.3 is 5.32 Å². The fourth-order valence-corrected chi connectivity index (χ4v) is 2.32. The van der Waals surface area contributed by atoms with Crippen LogP contribution in [0.5, 0.6) is 0 Å². The lowest BCUT2D eigenvalue weighted by atomic mass is 10.2. The van der Waals surface area contributed by atoms with Crippen LogP contribution in [0.25, 0.3) is 0 Å². The normalized spacial score (nSPS) is 12.2. The highest BCUT2D eigenvalue weighted by molar-refractivity contribution is 7.89. The fraction of sp³-hybridized carbons (Fsp3) is 0.0833. The molecular weight excluding hydrogens is 326 g/mol. The van der Waals surface area contributed by atoms with E-state index >= 15 is 0 Å². The van der Waals surface area contributed by atoms with Gasteiger partial charge >= 0.3 is 6.18 Å². The zero-order valence-electron chi connectivity index (χ0n) is 10.7. The molecule has 0 unspecified atom stereocenters. The molecule has 0 saturated heterocycles. The third-order valence-corrected chi connectivity index (χ3v) is 3.51. The summed E-state index contributed by atoms with van der Waals surface area (Å²) >= 11 is 0. The number of pyridine rings is 1. The minimum atomic E-state index is -4.74. The molecule has 0 fully saturated rings. The minimum absolute atomic E-state index is 0.302. The fourth-order valence-electron chi connectivity index (χ4n) is 1.68. The Bertz CT molecular complexity index is 806. The lowest BCUT2D eigenvalue weighted by molar-refractivity contribution is -0.137. The number of rotatable bonds is 3. The average Bonchev–Trinajstić information content (AvgIpc) is 2.36. The molecular formula is C12H9F4N3O2S. The number of hydrogen-bond donors (Lipinski definition) is 2. The van der Waals surface area contributed by atoms with E-state index in [1.807, 2.05) is 0 Å². The summed E-state index contributed by atoms with van der Waals surface area (Å²) in [6.45, 7) is 0. The van der Waals surface area contributed by atoms with Crippen LogP contribution in [-0.4, -0.2) is 13.4 Å². The zero-order chi connectivity index (χ0) is 16.5. The van der Waals surface area contributed by atoms with Gasteiger partial charge in [-0.05, 0) is 30.3 Å². The van der Waals surface area contributed by atoms with E-state index in [0.717, 1.165) is 12.1 Å². The van der Waals surface area contributed by atoms with Gasteiger partial charge in [-0.2, -0.15) is 13.2 Å². The Balaban J connectivity index is 2.47. The number of anilines is 2. The van der Waals surface area contributed by atoms with Gasteiger partial charge in [0.25, 0.3) is 0 Å². The quantitative estimate of drug-likeness (QED) is 0.845. The summed E-state index contributed by atoms with van der Waals surface area (Å²) in [5.74, 6) is -1.44. The van der Waals surface area contributed by atoms with E-state index in [-0.39, 0.29) is 11.5 Å². The first-order valence-electron chi connectivity index (χ1n) is 5.70. The van der Waals surface area contributed by atoms with E-state index in [2.05, 4.69) is 10.3 Å². The standard InChI is InChI=1S/C12H9F4N3O2S/c13-8-4-7(12(14,15)16)5-9(6-8)19-11-10(22(17,20)21)2-1-3-18-11/h1-6H,(H,18,19)(H2,17,20,21). The highest BCUT2D eigenvalue weighted by atomic mass is 32.2. The number of primary sulfonamides is 1. The molecule has 5 nitrogen and oxygen atoms in total. The summed E-state index contributed by atoms with van der Waals surface area (Å²) in [6.07, 6.45) is -3.54. The molecule has 0 atom stereocenters. The monoisotopic (exact) mass is 335 g/mol. The first-order chi connectivity index (χ1) is 10.1. The van der Waals surface area contributed by atoms with Gasteiger partial charge in [-0.3, -0.25) is 0 Å². The third kappa shape index (κ3) is 3.71. The molecule has 3 N–H and O–H groups in total. The summed E-state index contributed by atoms with van der Waals surface area (Å²) in [7, 11) is -4.14. The van der Waals surface area contributed by atoms with E-state index in [1.165, 1.54) is 12.3 Å². The molecule has 0 aliphatic heterocycles. The number of sulfonamides is 1. The van der Waals surface area contributed by atoms with E-state index < -0.39 is 32.5 Å². The van der Waals surface area contributed by atoms with Gasteiger partial charge in [-0.1, -0.05) is 0 Å². The number of benzene rings is 1. The summed E-state index contributed by atoms with van der Waals surface area (Å²) in [4.78, 5) is 3.26. The Hall–Kier alpha value is -2.20. The topological polar surface area (TPSA) is 85.1 Å². The van der Waals surface area contributed by atoms with Crippen LogP contribution in [0, 0.1) is 5.82 Å². The SMILES string of the molecule is NS(=O)(=O)c1cccnc1Nc1cc(F)cc(C(F)(F)F)c1. The second-order valence-corrected chi connectivity index (χ2v) is 5.78. The Morgan fingerprint density at radius 1 is 1.18 bits per heavy atom. The molecule has 2 rings (SSSR count). The first kappa shape index (κ1) is 16.2. The molecule has 0 saturated carbocycles. The molecule has 22 heavy (non-hydrogen) atoms. The Labute approximate surface area is 122 Å². The predicted octanol–water partition coefficient (Wildman–Crippen LogP) is 2.63. The Morgan fingerprint density at radius 3 is 2.45 bits per heavy atom. The van der Waals surface area contributed by atoms with Gasteiger partial charge in [0.15, 0.2) is 5.82 Å². The van der Waals surface area contributed by atoms with Gasteiger partial charge in [0.2, 0.25) is 10.0 Å². The second-order valence-electron chi connectivity index (χ2n) is 4.25. The van der Waals surface area contributed by atoms with Crippen LogP contribution in [0.2, 0.25) is 0 Å². The van der Waals surface area contributed by atoms with Crippen molar-refractivity contribution in [1.82, 2.24) is 4.98 Å². The number of nitrogens with two attached hydrogens (primary N) is 1. The molecule has 1 heterocycles. The maximum atomic E-state index is 13.3. The van der Waals surface area contributed by atoms with Crippen LogP contribution in [0.4, 0.5) is 29.1 Å². The highest BCUT2D eigenvalue weighted by Crippen LogP contribution is 2.32. The predicted molar refractivity (Wildman–Crippen MR) is 70.3 cm³/mol.